The van der Waals surface area contributed by atoms with Gasteiger partial charge in [-0.15, -0.1) is 0 Å². The van der Waals surface area contributed by atoms with Gasteiger partial charge in [0.25, 0.3) is 0 Å². The van der Waals surface area contributed by atoms with E-state index in [1.807, 2.05) is 6.92 Å². The first-order chi connectivity index (χ1) is 9.82. The van der Waals surface area contributed by atoms with Crippen molar-refractivity contribution in [3.63, 3.8) is 0 Å². The minimum atomic E-state index is -3.81. The van der Waals surface area contributed by atoms with Crippen molar-refractivity contribution in [2.45, 2.75) is 30.7 Å². The number of rotatable bonds is 3. The van der Waals surface area contributed by atoms with E-state index in [1.165, 1.54) is 12.1 Å². The third kappa shape index (κ3) is 3.42. The van der Waals surface area contributed by atoms with Gasteiger partial charge < -0.3 is 4.74 Å². The van der Waals surface area contributed by atoms with E-state index in [2.05, 4.69) is 4.74 Å². The highest BCUT2D eigenvalue weighted by molar-refractivity contribution is 7.89. The van der Waals surface area contributed by atoms with Gasteiger partial charge in [0.2, 0.25) is 10.0 Å². The molecule has 6 nitrogen and oxygen atoms in total. The van der Waals surface area contributed by atoms with Crippen LogP contribution in [0.2, 0.25) is 0 Å². The Morgan fingerprint density at radius 1 is 1.29 bits per heavy atom. The number of carbonyl (C=O) groups is 2. The van der Waals surface area contributed by atoms with E-state index >= 15 is 0 Å². The Morgan fingerprint density at radius 2 is 1.90 bits per heavy atom. The van der Waals surface area contributed by atoms with E-state index in [9.17, 15) is 18.0 Å². The second kappa shape index (κ2) is 6.13. The van der Waals surface area contributed by atoms with Crippen LogP contribution in [0.3, 0.4) is 0 Å². The second-order valence-corrected chi connectivity index (χ2v) is 6.94. The Morgan fingerprint density at radius 3 is 2.48 bits per heavy atom. The lowest BCUT2D eigenvalue weighted by Gasteiger charge is -2.22. The number of ether oxygens (including phenoxy) is 1. The van der Waals surface area contributed by atoms with Crippen molar-refractivity contribution < 1.29 is 22.7 Å². The Balaban J connectivity index is 2.28. The van der Waals surface area contributed by atoms with Crippen molar-refractivity contribution >= 4 is 33.0 Å². The number of sulfonamides is 1. The number of carbonyl (C=O) groups excluding carboxylic acids is 2. The van der Waals surface area contributed by atoms with Crippen LogP contribution < -0.4 is 0 Å². The molecule has 8 heteroatoms. The summed E-state index contributed by atoms with van der Waals surface area (Å²) in [4.78, 5) is 22.5. The molecule has 1 atom stereocenters. The Kier molecular flexibility index (Phi) is 4.65. The highest BCUT2D eigenvalue weighted by Crippen LogP contribution is 2.27. The van der Waals surface area contributed by atoms with Gasteiger partial charge in [0.15, 0.2) is 0 Å². The smallest absolute Gasteiger partial charge is 0.379 e. The molecule has 1 aliphatic heterocycles. The van der Waals surface area contributed by atoms with E-state index in [0.717, 1.165) is 9.87 Å². The molecule has 0 aliphatic carbocycles. The van der Waals surface area contributed by atoms with Crippen LogP contribution in [0.1, 0.15) is 18.4 Å². The van der Waals surface area contributed by atoms with Crippen molar-refractivity contribution in [1.29, 1.82) is 0 Å². The molecule has 1 heterocycles. The van der Waals surface area contributed by atoms with E-state index in [1.54, 1.807) is 12.1 Å². The lowest BCUT2D eigenvalue weighted by molar-refractivity contribution is -0.140. The van der Waals surface area contributed by atoms with Gasteiger partial charge in [0, 0.05) is 18.1 Å². The molecule has 1 saturated heterocycles. The summed E-state index contributed by atoms with van der Waals surface area (Å²) in [6.45, 7) is 2.05. The van der Waals surface area contributed by atoms with Gasteiger partial charge in [0.1, 0.15) is 6.04 Å². The van der Waals surface area contributed by atoms with Gasteiger partial charge in [-0.1, -0.05) is 17.7 Å². The quantitative estimate of drug-likeness (QED) is 0.481. The molecule has 2 rings (SSSR count). The molecule has 1 aliphatic rings. The molecule has 0 aromatic heterocycles. The second-order valence-electron chi connectivity index (χ2n) is 4.75. The number of hydrogen-bond donors (Lipinski definition) is 0. The Hall–Kier alpha value is -1.44. The normalized spacial score (nSPS) is 19.4. The van der Waals surface area contributed by atoms with Crippen LogP contribution in [0.4, 0.5) is 4.79 Å². The van der Waals surface area contributed by atoms with E-state index < -0.39 is 27.5 Å². The molecule has 0 unspecified atom stereocenters. The number of esters is 1. The summed E-state index contributed by atoms with van der Waals surface area (Å²) in [5, 5.41) is 0. The average molecular weight is 332 g/mol. The topological polar surface area (TPSA) is 80.8 Å². The van der Waals surface area contributed by atoms with Crippen molar-refractivity contribution in [2.75, 3.05) is 6.54 Å². The maximum Gasteiger partial charge on any atom is 0.411 e. The van der Waals surface area contributed by atoms with Crippen molar-refractivity contribution in [3.05, 3.63) is 29.8 Å². The SMILES string of the molecule is Cc1ccc(S(=O)(=O)N2CCC[C@H]2C(=O)OC(=O)Cl)cc1. The first-order valence-electron chi connectivity index (χ1n) is 6.32. The van der Waals surface area contributed by atoms with Gasteiger partial charge >= 0.3 is 11.4 Å². The maximum atomic E-state index is 12.5. The van der Waals surface area contributed by atoms with Crippen LogP contribution in [-0.4, -0.2) is 36.7 Å². The summed E-state index contributed by atoms with van der Waals surface area (Å²) < 4.78 is 30.4. The van der Waals surface area contributed by atoms with Crippen molar-refractivity contribution in [2.24, 2.45) is 0 Å². The van der Waals surface area contributed by atoms with E-state index in [0.29, 0.717) is 12.8 Å². The van der Waals surface area contributed by atoms with Crippen LogP contribution in [0.5, 0.6) is 0 Å². The molecular formula is C13H14ClNO5S. The van der Waals surface area contributed by atoms with Crippen molar-refractivity contribution in [3.8, 4) is 0 Å². The summed E-state index contributed by atoms with van der Waals surface area (Å²) in [6, 6.07) is 5.31. The van der Waals surface area contributed by atoms with Gasteiger partial charge in [0.05, 0.1) is 4.90 Å². The third-order valence-corrected chi connectivity index (χ3v) is 5.28. The molecule has 0 bridgehead atoms. The highest BCUT2D eigenvalue weighted by atomic mass is 35.5. The average Bonchev–Trinajstić information content (AvgIpc) is 2.88. The minimum absolute atomic E-state index is 0.102. The molecule has 1 aromatic rings. The number of nitrogens with zero attached hydrogens (tertiary/aromatic N) is 1. The number of aryl methyl sites for hydroxylation is 1. The summed E-state index contributed by atoms with van der Waals surface area (Å²) >= 11 is 5.00. The fourth-order valence-corrected chi connectivity index (χ4v) is 3.98. The number of benzene rings is 1. The van der Waals surface area contributed by atoms with Crippen LogP contribution in [-0.2, 0) is 19.6 Å². The fraction of sp³-hybridized carbons (Fsp3) is 0.385. The summed E-state index contributed by atoms with van der Waals surface area (Å²) in [7, 11) is -3.81. The summed E-state index contributed by atoms with van der Waals surface area (Å²) in [5.74, 6) is -0.941. The predicted octanol–water partition coefficient (Wildman–Crippen LogP) is 2.05. The third-order valence-electron chi connectivity index (χ3n) is 3.28. The van der Waals surface area contributed by atoms with Crippen LogP contribution >= 0.6 is 11.6 Å². The molecule has 1 fully saturated rings. The summed E-state index contributed by atoms with van der Waals surface area (Å²) in [6.07, 6.45) is 0.815. The van der Waals surface area contributed by atoms with Gasteiger partial charge in [-0.2, -0.15) is 4.31 Å². The zero-order chi connectivity index (χ0) is 15.6. The zero-order valence-corrected chi connectivity index (χ0v) is 12.9. The van der Waals surface area contributed by atoms with Crippen LogP contribution in [0.25, 0.3) is 0 Å². The van der Waals surface area contributed by atoms with Crippen molar-refractivity contribution in [1.82, 2.24) is 4.31 Å². The number of hydrogen-bond acceptors (Lipinski definition) is 5. The standard InChI is InChI=1S/C13H14ClNO5S/c1-9-4-6-10(7-5-9)21(18,19)15-8-2-3-11(15)12(16)20-13(14)17/h4-7,11H,2-3,8H2,1H3/t11-/m0/s1. The highest BCUT2D eigenvalue weighted by Gasteiger charge is 2.40. The molecule has 0 amide bonds. The lowest BCUT2D eigenvalue weighted by atomic mass is 10.2. The van der Waals surface area contributed by atoms with Gasteiger partial charge in [-0.05, 0) is 31.9 Å². The Bertz CT molecular complexity index is 656. The van der Waals surface area contributed by atoms with Gasteiger partial charge in [-0.25, -0.2) is 18.0 Å². The van der Waals surface area contributed by atoms with E-state index in [4.69, 9.17) is 11.6 Å². The van der Waals surface area contributed by atoms with E-state index in [-0.39, 0.29) is 11.4 Å². The molecule has 0 spiro atoms. The molecule has 0 saturated carbocycles. The zero-order valence-electron chi connectivity index (χ0n) is 11.3. The summed E-state index contributed by atoms with van der Waals surface area (Å²) in [5.41, 5.74) is -0.335. The molecule has 1 aromatic carbocycles. The largest absolute Gasteiger partial charge is 0.411 e. The molecule has 114 valence electrons. The molecule has 0 radical (unpaired) electrons. The first-order valence-corrected chi connectivity index (χ1v) is 8.14. The fourth-order valence-electron chi connectivity index (χ4n) is 2.26. The molecule has 21 heavy (non-hydrogen) atoms. The lowest BCUT2D eigenvalue weighted by Crippen LogP contribution is -2.41. The van der Waals surface area contributed by atoms with Crippen LogP contribution in [0.15, 0.2) is 29.2 Å². The first kappa shape index (κ1) is 15.9. The van der Waals surface area contributed by atoms with Gasteiger partial charge in [-0.3, -0.25) is 0 Å². The molecular weight excluding hydrogens is 318 g/mol. The maximum absolute atomic E-state index is 12.5. The number of halogens is 1. The van der Waals surface area contributed by atoms with Crippen LogP contribution in [0, 0.1) is 6.92 Å². The Labute approximate surface area is 127 Å². The monoisotopic (exact) mass is 331 g/mol. The predicted molar refractivity (Wildman–Crippen MR) is 75.4 cm³/mol. The minimum Gasteiger partial charge on any atom is -0.379 e. The molecule has 0 N–H and O–H groups in total.